The quantitative estimate of drug-likeness (QED) is 0.688. The van der Waals surface area contributed by atoms with Gasteiger partial charge in [0, 0.05) is 41.7 Å². The van der Waals surface area contributed by atoms with Crippen molar-refractivity contribution in [3.63, 3.8) is 0 Å². The Morgan fingerprint density at radius 1 is 1.17 bits per heavy atom. The lowest BCUT2D eigenvalue weighted by Gasteiger charge is -2.19. The van der Waals surface area contributed by atoms with Crippen molar-refractivity contribution in [1.29, 1.82) is 0 Å². The third kappa shape index (κ3) is 3.83. The number of nitrogens with one attached hydrogen (secondary N) is 1. The number of thioether (sulfide) groups is 1. The minimum atomic E-state index is 0.150. The van der Waals surface area contributed by atoms with Crippen LogP contribution >= 0.6 is 11.8 Å². The van der Waals surface area contributed by atoms with Gasteiger partial charge in [0.05, 0.1) is 5.52 Å². The highest BCUT2D eigenvalue weighted by atomic mass is 32.2. The number of para-hydroxylation sites is 1. The first-order chi connectivity index (χ1) is 11.8. The number of hydrogen-bond acceptors (Lipinski definition) is 6. The van der Waals surface area contributed by atoms with Crippen LogP contribution in [0.3, 0.4) is 0 Å². The zero-order valence-corrected chi connectivity index (χ0v) is 14.3. The highest BCUT2D eigenvalue weighted by Crippen LogP contribution is 2.25. The van der Waals surface area contributed by atoms with Crippen molar-refractivity contribution in [2.45, 2.75) is 12.5 Å². The molecule has 2 heterocycles. The summed E-state index contributed by atoms with van der Waals surface area (Å²) in [7, 11) is 0. The zero-order valence-electron chi connectivity index (χ0n) is 13.5. The summed E-state index contributed by atoms with van der Waals surface area (Å²) in [5.74, 6) is 2.35. The van der Waals surface area contributed by atoms with Gasteiger partial charge in [-0.1, -0.05) is 12.1 Å². The molecule has 1 aromatic carbocycles. The molecule has 3 aromatic rings. The normalized spacial score (nSPS) is 12.2. The van der Waals surface area contributed by atoms with Crippen LogP contribution in [0.5, 0.6) is 0 Å². The highest BCUT2D eigenvalue weighted by molar-refractivity contribution is 7.98. The first-order valence-electron chi connectivity index (χ1n) is 7.85. The molecule has 0 aliphatic heterocycles. The second kappa shape index (κ2) is 8.08. The van der Waals surface area contributed by atoms with Gasteiger partial charge in [0.2, 0.25) is 0 Å². The minimum Gasteiger partial charge on any atom is -0.396 e. The summed E-state index contributed by atoms with van der Waals surface area (Å²) in [5.41, 5.74) is 1.77. The molecule has 124 valence electrons. The van der Waals surface area contributed by atoms with Gasteiger partial charge >= 0.3 is 0 Å². The van der Waals surface area contributed by atoms with Crippen molar-refractivity contribution >= 4 is 28.5 Å². The van der Waals surface area contributed by atoms with Crippen LogP contribution in [0.2, 0.25) is 0 Å². The first kappa shape index (κ1) is 16.7. The van der Waals surface area contributed by atoms with Crippen LogP contribution in [-0.4, -0.2) is 44.7 Å². The van der Waals surface area contributed by atoms with Crippen molar-refractivity contribution < 1.29 is 5.11 Å². The number of aromatic nitrogens is 3. The van der Waals surface area contributed by atoms with E-state index >= 15 is 0 Å². The van der Waals surface area contributed by atoms with Gasteiger partial charge in [-0.15, -0.1) is 0 Å². The van der Waals surface area contributed by atoms with Gasteiger partial charge in [-0.2, -0.15) is 11.8 Å². The molecule has 5 nitrogen and oxygen atoms in total. The number of pyridine rings is 1. The Morgan fingerprint density at radius 2 is 2.04 bits per heavy atom. The molecule has 0 amide bonds. The van der Waals surface area contributed by atoms with Crippen LogP contribution in [0.25, 0.3) is 22.3 Å². The number of fused-ring (bicyclic) bond motifs is 1. The van der Waals surface area contributed by atoms with E-state index < -0.39 is 0 Å². The number of aliphatic hydroxyl groups is 1. The van der Waals surface area contributed by atoms with Gasteiger partial charge in [0.25, 0.3) is 0 Å². The van der Waals surface area contributed by atoms with Crippen LogP contribution in [0.4, 0.5) is 5.82 Å². The van der Waals surface area contributed by atoms with Crippen molar-refractivity contribution in [1.82, 2.24) is 15.0 Å². The smallest absolute Gasteiger partial charge is 0.163 e. The van der Waals surface area contributed by atoms with Crippen molar-refractivity contribution in [2.75, 3.05) is 23.9 Å². The first-order valence-corrected chi connectivity index (χ1v) is 9.24. The molecule has 0 radical (unpaired) electrons. The van der Waals surface area contributed by atoms with Gasteiger partial charge in [-0.05, 0) is 36.9 Å². The molecule has 6 heteroatoms. The molecule has 24 heavy (non-hydrogen) atoms. The summed E-state index contributed by atoms with van der Waals surface area (Å²) >= 11 is 1.75. The summed E-state index contributed by atoms with van der Waals surface area (Å²) in [6.45, 7) is 0.150. The van der Waals surface area contributed by atoms with E-state index in [4.69, 9.17) is 4.98 Å². The lowest BCUT2D eigenvalue weighted by atomic mass is 10.2. The topological polar surface area (TPSA) is 70.9 Å². The molecular formula is C18H20N4OS. The fraction of sp³-hybridized carbons (Fsp3) is 0.278. The summed E-state index contributed by atoms with van der Waals surface area (Å²) < 4.78 is 0. The SMILES string of the molecule is CSCC(CCO)Nc1nc(-c2cccnc2)nc2ccccc12. The largest absolute Gasteiger partial charge is 0.396 e. The van der Waals surface area contributed by atoms with Crippen LogP contribution < -0.4 is 5.32 Å². The summed E-state index contributed by atoms with van der Waals surface area (Å²) in [5, 5.41) is 13.8. The molecule has 0 saturated heterocycles. The maximum atomic E-state index is 9.30. The van der Waals surface area contributed by atoms with Crippen molar-refractivity contribution in [3.05, 3.63) is 48.8 Å². The van der Waals surface area contributed by atoms with E-state index in [0.717, 1.165) is 28.0 Å². The van der Waals surface area contributed by atoms with Crippen molar-refractivity contribution in [2.24, 2.45) is 0 Å². The molecule has 2 N–H and O–H groups in total. The van der Waals surface area contributed by atoms with Crippen LogP contribution in [-0.2, 0) is 0 Å². The molecule has 2 aromatic heterocycles. The van der Waals surface area contributed by atoms with Crippen LogP contribution in [0, 0.1) is 0 Å². The second-order valence-electron chi connectivity index (χ2n) is 5.46. The number of aliphatic hydroxyl groups excluding tert-OH is 1. The number of nitrogens with zero attached hydrogens (tertiary/aromatic N) is 3. The Labute approximate surface area is 145 Å². The molecule has 1 atom stereocenters. The molecular weight excluding hydrogens is 320 g/mol. The average Bonchev–Trinajstić information content (AvgIpc) is 2.63. The second-order valence-corrected chi connectivity index (χ2v) is 6.37. The number of hydrogen-bond donors (Lipinski definition) is 2. The third-order valence-corrected chi connectivity index (χ3v) is 4.44. The average molecular weight is 340 g/mol. The highest BCUT2D eigenvalue weighted by Gasteiger charge is 2.13. The molecule has 0 saturated carbocycles. The molecule has 1 unspecified atom stereocenters. The maximum Gasteiger partial charge on any atom is 0.163 e. The number of benzene rings is 1. The maximum absolute atomic E-state index is 9.30. The summed E-state index contributed by atoms with van der Waals surface area (Å²) in [6.07, 6.45) is 6.24. The fourth-order valence-corrected chi connectivity index (χ4v) is 3.21. The van der Waals surface area contributed by atoms with E-state index in [2.05, 4.69) is 21.5 Å². The summed E-state index contributed by atoms with van der Waals surface area (Å²) in [6, 6.07) is 11.9. The Morgan fingerprint density at radius 3 is 2.79 bits per heavy atom. The van der Waals surface area contributed by atoms with Gasteiger partial charge in [-0.3, -0.25) is 4.98 Å². The predicted molar refractivity (Wildman–Crippen MR) is 100 cm³/mol. The van der Waals surface area contributed by atoms with Gasteiger partial charge < -0.3 is 10.4 Å². The van der Waals surface area contributed by atoms with E-state index in [1.54, 1.807) is 24.2 Å². The van der Waals surface area contributed by atoms with Gasteiger partial charge in [-0.25, -0.2) is 9.97 Å². The fourth-order valence-electron chi connectivity index (χ4n) is 2.56. The minimum absolute atomic E-state index is 0.150. The molecule has 3 rings (SSSR count). The Balaban J connectivity index is 2.04. The standard InChI is InChI=1S/C18H20N4OS/c1-24-12-14(8-10-23)20-18-15-6-2-3-7-16(15)21-17(22-18)13-5-4-9-19-11-13/h2-7,9,11,14,23H,8,10,12H2,1H3,(H,20,21,22). The molecule has 0 aliphatic carbocycles. The molecule has 0 aliphatic rings. The lowest BCUT2D eigenvalue weighted by Crippen LogP contribution is -2.24. The third-order valence-electron chi connectivity index (χ3n) is 3.71. The van der Waals surface area contributed by atoms with E-state index in [1.165, 1.54) is 0 Å². The van der Waals surface area contributed by atoms with Gasteiger partial charge in [0.15, 0.2) is 5.82 Å². The Bertz CT molecular complexity index is 791. The van der Waals surface area contributed by atoms with E-state index in [9.17, 15) is 5.11 Å². The van der Waals surface area contributed by atoms with Crippen LogP contribution in [0.15, 0.2) is 48.8 Å². The summed E-state index contributed by atoms with van der Waals surface area (Å²) in [4.78, 5) is 13.5. The molecule has 0 fully saturated rings. The van der Waals surface area contributed by atoms with Gasteiger partial charge in [0.1, 0.15) is 5.82 Å². The lowest BCUT2D eigenvalue weighted by molar-refractivity contribution is 0.282. The zero-order chi connectivity index (χ0) is 16.8. The molecule has 0 bridgehead atoms. The predicted octanol–water partition coefficient (Wildman–Crippen LogP) is 3.22. The van der Waals surface area contributed by atoms with E-state index in [0.29, 0.717) is 12.2 Å². The Hall–Kier alpha value is -2.18. The van der Waals surface area contributed by atoms with Crippen molar-refractivity contribution in [3.8, 4) is 11.4 Å². The van der Waals surface area contributed by atoms with E-state index in [1.807, 2.05) is 36.4 Å². The van der Waals surface area contributed by atoms with E-state index in [-0.39, 0.29) is 12.6 Å². The number of anilines is 1. The monoisotopic (exact) mass is 340 g/mol. The number of rotatable bonds is 7. The van der Waals surface area contributed by atoms with Crippen LogP contribution in [0.1, 0.15) is 6.42 Å². The Kier molecular flexibility index (Phi) is 5.61. The molecule has 0 spiro atoms.